The summed E-state index contributed by atoms with van der Waals surface area (Å²) in [6.45, 7) is 7.75. The van der Waals surface area contributed by atoms with E-state index in [-0.39, 0.29) is 22.3 Å². The number of nitrogens with one attached hydrogen (secondary N) is 1. The lowest BCUT2D eigenvalue weighted by atomic mass is 10.1. The molecule has 0 aliphatic heterocycles. The van der Waals surface area contributed by atoms with E-state index in [4.69, 9.17) is 0 Å². The highest BCUT2D eigenvalue weighted by molar-refractivity contribution is 8.15. The zero-order valence-corrected chi connectivity index (χ0v) is 20.9. The molecule has 2 N–H and O–H groups in total. The molecule has 0 bridgehead atoms. The van der Waals surface area contributed by atoms with Crippen LogP contribution < -0.4 is 16.6 Å². The van der Waals surface area contributed by atoms with Gasteiger partial charge < -0.3 is 10.4 Å². The first-order valence-electron chi connectivity index (χ1n) is 10.7. The van der Waals surface area contributed by atoms with Gasteiger partial charge in [0.15, 0.2) is 0 Å². The number of carbonyl (C=O) groups is 1. The molecule has 3 aromatic rings. The van der Waals surface area contributed by atoms with Crippen molar-refractivity contribution in [2.75, 3.05) is 11.1 Å². The monoisotopic (exact) mass is 480 g/mol. The molecule has 0 aliphatic carbocycles. The molecule has 3 rings (SSSR count). The van der Waals surface area contributed by atoms with Crippen LogP contribution in [0.1, 0.15) is 27.8 Å². The standard InChI is InChI=1S/C25H28N4O4S/c1-14-10-11-18(12-17(14)4)26-22(20-23(31)28(5)25(33)29(6)24(20)32)34-13-19(30)27-21-15(2)8-7-9-16(21)3/h7-12,31H,13H2,1-6H3,(H,27,30). The molecule has 1 aromatic heterocycles. The number of benzene rings is 2. The molecule has 8 nitrogen and oxygen atoms in total. The number of hydrogen-bond acceptors (Lipinski definition) is 6. The smallest absolute Gasteiger partial charge is 0.333 e. The summed E-state index contributed by atoms with van der Waals surface area (Å²) in [6, 6.07) is 11.3. The molecule has 0 unspecified atom stereocenters. The van der Waals surface area contributed by atoms with Crippen LogP contribution in [0, 0.1) is 27.7 Å². The molecule has 0 saturated carbocycles. The van der Waals surface area contributed by atoms with Gasteiger partial charge in [0, 0.05) is 19.8 Å². The van der Waals surface area contributed by atoms with Crippen LogP contribution in [0.5, 0.6) is 5.88 Å². The number of aromatic nitrogens is 2. The molecule has 34 heavy (non-hydrogen) atoms. The maximum Gasteiger partial charge on any atom is 0.333 e. The van der Waals surface area contributed by atoms with E-state index in [0.717, 1.165) is 48.8 Å². The lowest BCUT2D eigenvalue weighted by molar-refractivity contribution is -0.113. The Balaban J connectivity index is 2.02. The average molecular weight is 481 g/mol. The zero-order chi connectivity index (χ0) is 25.2. The van der Waals surface area contributed by atoms with E-state index >= 15 is 0 Å². The first kappa shape index (κ1) is 25.0. The van der Waals surface area contributed by atoms with Crippen LogP contribution in [0.15, 0.2) is 51.0 Å². The lowest BCUT2D eigenvalue weighted by Gasteiger charge is -2.14. The van der Waals surface area contributed by atoms with Crippen LogP contribution in [0.3, 0.4) is 0 Å². The summed E-state index contributed by atoms with van der Waals surface area (Å²) in [5.74, 6) is -0.835. The Kier molecular flexibility index (Phi) is 7.46. The molecule has 1 amide bonds. The van der Waals surface area contributed by atoms with E-state index in [9.17, 15) is 19.5 Å². The zero-order valence-electron chi connectivity index (χ0n) is 20.1. The maximum absolute atomic E-state index is 12.9. The predicted molar refractivity (Wildman–Crippen MR) is 138 cm³/mol. The van der Waals surface area contributed by atoms with E-state index in [1.807, 2.05) is 58.0 Å². The number of hydrogen-bond donors (Lipinski definition) is 2. The molecule has 0 atom stereocenters. The van der Waals surface area contributed by atoms with Gasteiger partial charge in [-0.25, -0.2) is 9.79 Å². The Morgan fingerprint density at radius 3 is 2.24 bits per heavy atom. The van der Waals surface area contributed by atoms with E-state index in [2.05, 4.69) is 10.3 Å². The van der Waals surface area contributed by atoms with Crippen molar-refractivity contribution >= 4 is 34.1 Å². The van der Waals surface area contributed by atoms with Crippen LogP contribution >= 0.6 is 11.8 Å². The molecular formula is C25H28N4O4S. The molecule has 0 saturated heterocycles. The highest BCUT2D eigenvalue weighted by Gasteiger charge is 2.22. The second kappa shape index (κ2) is 10.1. The molecule has 9 heteroatoms. The van der Waals surface area contributed by atoms with Gasteiger partial charge in [0.05, 0.1) is 11.4 Å². The number of nitrogens with zero attached hydrogens (tertiary/aromatic N) is 3. The first-order valence-corrected chi connectivity index (χ1v) is 11.6. The fourth-order valence-electron chi connectivity index (χ4n) is 3.41. The van der Waals surface area contributed by atoms with Crippen molar-refractivity contribution in [3.63, 3.8) is 0 Å². The van der Waals surface area contributed by atoms with Gasteiger partial charge in [-0.3, -0.25) is 18.7 Å². The Bertz CT molecular complexity index is 1400. The van der Waals surface area contributed by atoms with Gasteiger partial charge in [-0.2, -0.15) is 0 Å². The van der Waals surface area contributed by atoms with Gasteiger partial charge in [0.1, 0.15) is 10.6 Å². The molecule has 2 aromatic carbocycles. The van der Waals surface area contributed by atoms with Crippen molar-refractivity contribution in [1.82, 2.24) is 9.13 Å². The van der Waals surface area contributed by atoms with Gasteiger partial charge in [-0.05, 0) is 62.1 Å². The number of thioether (sulfide) groups is 1. The maximum atomic E-state index is 12.9. The van der Waals surface area contributed by atoms with E-state index in [1.165, 1.54) is 14.1 Å². The molecule has 178 valence electrons. The number of aryl methyl sites for hydroxylation is 4. The summed E-state index contributed by atoms with van der Waals surface area (Å²) in [5.41, 5.74) is 3.79. The van der Waals surface area contributed by atoms with E-state index in [1.54, 1.807) is 6.07 Å². The summed E-state index contributed by atoms with van der Waals surface area (Å²) in [5, 5.41) is 13.7. The minimum absolute atomic E-state index is 0.0527. The number of anilines is 1. The number of amides is 1. The second-order valence-corrected chi connectivity index (χ2v) is 9.16. The van der Waals surface area contributed by atoms with Crippen molar-refractivity contribution in [3.05, 3.63) is 85.1 Å². The lowest BCUT2D eigenvalue weighted by Crippen LogP contribution is -2.39. The molecule has 0 aliphatic rings. The van der Waals surface area contributed by atoms with Crippen molar-refractivity contribution in [1.29, 1.82) is 0 Å². The van der Waals surface area contributed by atoms with E-state index in [0.29, 0.717) is 5.69 Å². The van der Waals surface area contributed by atoms with Crippen molar-refractivity contribution < 1.29 is 9.90 Å². The van der Waals surface area contributed by atoms with Gasteiger partial charge in [-0.15, -0.1) is 0 Å². The van der Waals surface area contributed by atoms with E-state index < -0.39 is 17.1 Å². The highest BCUT2D eigenvalue weighted by Crippen LogP contribution is 2.25. The summed E-state index contributed by atoms with van der Waals surface area (Å²) in [7, 11) is 2.70. The van der Waals surface area contributed by atoms with Crippen LogP contribution in [-0.2, 0) is 18.9 Å². The fourth-order valence-corrected chi connectivity index (χ4v) is 4.25. The molecule has 0 spiro atoms. The van der Waals surface area contributed by atoms with Gasteiger partial charge in [-0.1, -0.05) is 36.0 Å². The predicted octanol–water partition coefficient (Wildman–Crippen LogP) is 3.47. The number of carbonyl (C=O) groups excluding carboxylic acids is 1. The molecular weight excluding hydrogens is 452 g/mol. The highest BCUT2D eigenvalue weighted by atomic mass is 32.2. The Morgan fingerprint density at radius 1 is 0.971 bits per heavy atom. The van der Waals surface area contributed by atoms with Gasteiger partial charge in [0.2, 0.25) is 11.8 Å². The average Bonchev–Trinajstić information content (AvgIpc) is 2.79. The first-order chi connectivity index (χ1) is 16.0. The van der Waals surface area contributed by atoms with Crippen LogP contribution in [-0.4, -0.2) is 30.9 Å². The summed E-state index contributed by atoms with van der Waals surface area (Å²) in [4.78, 5) is 42.5. The minimum Gasteiger partial charge on any atom is -0.494 e. The largest absolute Gasteiger partial charge is 0.494 e. The Labute approximate surface area is 202 Å². The summed E-state index contributed by atoms with van der Waals surface area (Å²) in [6.07, 6.45) is 0. The van der Waals surface area contributed by atoms with Crippen LogP contribution in [0.4, 0.5) is 11.4 Å². The number of aromatic hydroxyl groups is 1. The normalized spacial score (nSPS) is 11.5. The third kappa shape index (κ3) is 5.14. The minimum atomic E-state index is -0.689. The van der Waals surface area contributed by atoms with Crippen molar-refractivity contribution in [2.45, 2.75) is 27.7 Å². The Hall–Kier alpha value is -3.59. The molecule has 0 fully saturated rings. The van der Waals surface area contributed by atoms with Crippen molar-refractivity contribution in [3.8, 4) is 5.88 Å². The van der Waals surface area contributed by atoms with Crippen molar-refractivity contribution in [2.24, 2.45) is 19.1 Å². The third-order valence-corrected chi connectivity index (χ3v) is 6.63. The molecule has 1 heterocycles. The number of aliphatic imine (C=N–C) groups is 1. The summed E-state index contributed by atoms with van der Waals surface area (Å²) >= 11 is 1.02. The summed E-state index contributed by atoms with van der Waals surface area (Å²) < 4.78 is 1.88. The Morgan fingerprint density at radius 2 is 1.62 bits per heavy atom. The van der Waals surface area contributed by atoms with Gasteiger partial charge >= 0.3 is 5.69 Å². The fraction of sp³-hybridized carbons (Fsp3) is 0.280. The van der Waals surface area contributed by atoms with Crippen LogP contribution in [0.2, 0.25) is 0 Å². The SMILES string of the molecule is Cc1ccc(N=C(SCC(=O)Nc2c(C)cccc2C)c2c(O)n(C)c(=O)n(C)c2=O)cc1C. The quantitative estimate of drug-likeness (QED) is 0.430. The van der Waals surface area contributed by atoms with Gasteiger partial charge in [0.25, 0.3) is 5.56 Å². The number of rotatable bonds is 5. The topological polar surface area (TPSA) is 106 Å². The number of para-hydroxylation sites is 1. The second-order valence-electron chi connectivity index (χ2n) is 8.19. The van der Waals surface area contributed by atoms with Crippen LogP contribution in [0.25, 0.3) is 0 Å². The molecule has 0 radical (unpaired) electrons. The third-order valence-electron chi connectivity index (χ3n) is 5.65.